The maximum Gasteiger partial charge on any atom is 0.240 e. The Morgan fingerprint density at radius 2 is 1.78 bits per heavy atom. The van der Waals surface area contributed by atoms with Gasteiger partial charge in [0.05, 0.1) is 5.02 Å². The lowest BCUT2D eigenvalue weighted by atomic mass is 9.98. The maximum atomic E-state index is 12.0. The van der Waals surface area contributed by atoms with E-state index in [1.165, 1.54) is 6.07 Å². The predicted molar refractivity (Wildman–Crippen MR) is 91.0 cm³/mol. The standard InChI is InChI=1S/C14H16ClN5O2S/c1-8-2-4-9(5-3-8)10-6-7-11(15)13(23(18,21)22)12(10)14(16)19-20-17/h2-7,20H,17H2,1H3,(H2,16,19)(H2,18,21,22). The lowest BCUT2D eigenvalue weighted by molar-refractivity contribution is 0.597. The van der Waals surface area contributed by atoms with E-state index in [9.17, 15) is 8.42 Å². The fourth-order valence-corrected chi connectivity index (χ4v) is 3.51. The number of hydrazine groups is 1. The average Bonchev–Trinajstić information content (AvgIpc) is 2.47. The van der Waals surface area contributed by atoms with Crippen molar-refractivity contribution >= 4 is 27.5 Å². The van der Waals surface area contributed by atoms with Crippen LogP contribution in [0.2, 0.25) is 5.02 Å². The van der Waals surface area contributed by atoms with Crippen molar-refractivity contribution in [3.8, 4) is 11.1 Å². The van der Waals surface area contributed by atoms with Crippen molar-refractivity contribution in [2.75, 3.05) is 0 Å². The summed E-state index contributed by atoms with van der Waals surface area (Å²) in [5, 5.41) is 8.90. The lowest BCUT2D eigenvalue weighted by Crippen LogP contribution is -2.27. The number of hydrogen-bond donors (Lipinski definition) is 4. The van der Waals surface area contributed by atoms with Crippen LogP contribution in [0.3, 0.4) is 0 Å². The van der Waals surface area contributed by atoms with Gasteiger partial charge in [-0.15, -0.1) is 5.10 Å². The fourth-order valence-electron chi connectivity index (χ4n) is 2.19. The first-order valence-electron chi connectivity index (χ1n) is 6.47. The minimum atomic E-state index is -4.13. The molecule has 2 aromatic rings. The monoisotopic (exact) mass is 353 g/mol. The number of halogens is 1. The van der Waals surface area contributed by atoms with Crippen LogP contribution in [0.25, 0.3) is 11.1 Å². The summed E-state index contributed by atoms with van der Waals surface area (Å²) < 4.78 is 23.9. The van der Waals surface area contributed by atoms with Crippen molar-refractivity contribution in [2.45, 2.75) is 11.8 Å². The summed E-state index contributed by atoms with van der Waals surface area (Å²) in [7, 11) is -4.13. The molecule has 0 bridgehead atoms. The topological polar surface area (TPSA) is 137 Å². The number of aryl methyl sites for hydroxylation is 1. The number of hydrazone groups is 1. The number of benzene rings is 2. The first-order chi connectivity index (χ1) is 10.8. The highest BCUT2D eigenvalue weighted by molar-refractivity contribution is 7.89. The Morgan fingerprint density at radius 1 is 1.17 bits per heavy atom. The summed E-state index contributed by atoms with van der Waals surface area (Å²) in [6.45, 7) is 1.94. The van der Waals surface area contributed by atoms with E-state index in [0.717, 1.165) is 11.1 Å². The largest absolute Gasteiger partial charge is 0.382 e. The van der Waals surface area contributed by atoms with E-state index in [-0.39, 0.29) is 21.3 Å². The van der Waals surface area contributed by atoms with Crippen molar-refractivity contribution in [2.24, 2.45) is 21.8 Å². The van der Waals surface area contributed by atoms with E-state index in [1.54, 1.807) is 6.07 Å². The van der Waals surface area contributed by atoms with Crippen molar-refractivity contribution in [1.29, 1.82) is 0 Å². The quantitative estimate of drug-likeness (QED) is 0.282. The number of amidine groups is 1. The van der Waals surface area contributed by atoms with Crippen LogP contribution >= 0.6 is 11.6 Å². The van der Waals surface area contributed by atoms with Gasteiger partial charge >= 0.3 is 0 Å². The summed E-state index contributed by atoms with van der Waals surface area (Å²) in [6, 6.07) is 10.5. The van der Waals surface area contributed by atoms with E-state index >= 15 is 0 Å². The highest BCUT2D eigenvalue weighted by Crippen LogP contribution is 2.33. The molecule has 2 aromatic carbocycles. The molecule has 0 aromatic heterocycles. The van der Waals surface area contributed by atoms with Gasteiger partial charge in [0, 0.05) is 5.56 Å². The molecule has 0 aliphatic carbocycles. The summed E-state index contributed by atoms with van der Waals surface area (Å²) in [4.78, 5) is -0.297. The Labute approximate surface area is 139 Å². The van der Waals surface area contributed by atoms with Crippen molar-refractivity contribution < 1.29 is 8.42 Å². The van der Waals surface area contributed by atoms with E-state index < -0.39 is 10.0 Å². The summed E-state index contributed by atoms with van der Waals surface area (Å²) in [5.41, 5.74) is 10.3. The van der Waals surface area contributed by atoms with Crippen LogP contribution in [0.5, 0.6) is 0 Å². The first-order valence-corrected chi connectivity index (χ1v) is 8.39. The van der Waals surface area contributed by atoms with E-state index in [2.05, 4.69) is 5.10 Å². The minimum Gasteiger partial charge on any atom is -0.382 e. The van der Waals surface area contributed by atoms with Gasteiger partial charge in [-0.3, -0.25) is 0 Å². The van der Waals surface area contributed by atoms with Gasteiger partial charge in [0.2, 0.25) is 10.0 Å². The van der Waals surface area contributed by atoms with Crippen LogP contribution in [0, 0.1) is 6.92 Å². The summed E-state index contributed by atoms with van der Waals surface area (Å²) in [6.07, 6.45) is 0. The van der Waals surface area contributed by atoms with Gasteiger partial charge in [0.25, 0.3) is 0 Å². The van der Waals surface area contributed by atoms with Gasteiger partial charge in [-0.2, -0.15) is 0 Å². The third-order valence-electron chi connectivity index (χ3n) is 3.20. The van der Waals surface area contributed by atoms with E-state index in [4.69, 9.17) is 28.3 Å². The molecule has 0 radical (unpaired) electrons. The molecule has 0 atom stereocenters. The second-order valence-electron chi connectivity index (χ2n) is 4.84. The van der Waals surface area contributed by atoms with Crippen LogP contribution < -0.4 is 22.3 Å². The number of primary sulfonamides is 1. The van der Waals surface area contributed by atoms with Gasteiger partial charge in [0.15, 0.2) is 5.84 Å². The maximum absolute atomic E-state index is 12.0. The number of nitrogens with two attached hydrogens (primary N) is 3. The van der Waals surface area contributed by atoms with Gasteiger partial charge in [0.1, 0.15) is 4.90 Å². The normalized spacial score (nSPS) is 12.3. The highest BCUT2D eigenvalue weighted by atomic mass is 35.5. The second kappa shape index (κ2) is 6.55. The zero-order valence-electron chi connectivity index (χ0n) is 12.2. The first kappa shape index (κ1) is 17.2. The van der Waals surface area contributed by atoms with Crippen LogP contribution in [0.4, 0.5) is 0 Å². The Kier molecular flexibility index (Phi) is 4.90. The van der Waals surface area contributed by atoms with Crippen LogP contribution in [0.1, 0.15) is 11.1 Å². The van der Waals surface area contributed by atoms with Gasteiger partial charge < -0.3 is 5.73 Å². The lowest BCUT2D eigenvalue weighted by Gasteiger charge is -2.15. The van der Waals surface area contributed by atoms with Gasteiger partial charge in [-0.1, -0.05) is 47.5 Å². The fraction of sp³-hybridized carbons (Fsp3) is 0.0714. The molecule has 23 heavy (non-hydrogen) atoms. The molecule has 7 N–H and O–H groups in total. The SMILES string of the molecule is Cc1ccc(-c2ccc(Cl)c(S(N)(=O)=O)c2/C(N)=N/NN)cc1. The molecule has 0 amide bonds. The number of rotatable bonds is 4. The molecule has 0 heterocycles. The molecule has 0 saturated carbocycles. The summed E-state index contributed by atoms with van der Waals surface area (Å²) in [5.74, 6) is 5.00. The molecule has 2 rings (SSSR count). The van der Waals surface area contributed by atoms with Crippen LogP contribution in [0.15, 0.2) is 46.4 Å². The molecule has 0 unspecified atom stereocenters. The van der Waals surface area contributed by atoms with Crippen molar-refractivity contribution in [3.05, 3.63) is 52.5 Å². The molecular formula is C14H16ClN5O2S. The third-order valence-corrected chi connectivity index (χ3v) is 4.62. The van der Waals surface area contributed by atoms with Gasteiger partial charge in [-0.05, 0) is 24.1 Å². The molecule has 122 valence electrons. The Hall–Kier alpha value is -2.13. The smallest absolute Gasteiger partial charge is 0.240 e. The number of sulfonamides is 1. The van der Waals surface area contributed by atoms with Crippen LogP contribution in [-0.2, 0) is 10.0 Å². The Morgan fingerprint density at radius 3 is 2.30 bits per heavy atom. The van der Waals surface area contributed by atoms with Gasteiger partial charge in [-0.25, -0.2) is 24.9 Å². The number of nitrogens with one attached hydrogen (secondary N) is 1. The second-order valence-corrected chi connectivity index (χ2v) is 6.74. The highest BCUT2D eigenvalue weighted by Gasteiger charge is 2.24. The zero-order chi connectivity index (χ0) is 17.2. The molecule has 0 aliphatic rings. The van der Waals surface area contributed by atoms with Crippen molar-refractivity contribution in [1.82, 2.24) is 5.53 Å². The van der Waals surface area contributed by atoms with E-state index in [1.807, 2.05) is 36.7 Å². The molecule has 9 heteroatoms. The zero-order valence-corrected chi connectivity index (χ0v) is 13.8. The Balaban J connectivity index is 2.88. The predicted octanol–water partition coefficient (Wildman–Crippen LogP) is 1.05. The summed E-state index contributed by atoms with van der Waals surface area (Å²) >= 11 is 6.02. The average molecular weight is 354 g/mol. The Bertz CT molecular complexity index is 863. The van der Waals surface area contributed by atoms with Crippen LogP contribution in [-0.4, -0.2) is 14.3 Å². The minimum absolute atomic E-state index is 0.0477. The molecule has 0 fully saturated rings. The molecule has 0 saturated heterocycles. The number of hydrogen-bond acceptors (Lipinski definition) is 5. The van der Waals surface area contributed by atoms with E-state index in [0.29, 0.717) is 5.56 Å². The molecule has 7 nitrogen and oxygen atoms in total. The molecule has 0 spiro atoms. The molecule has 0 aliphatic heterocycles. The third kappa shape index (κ3) is 3.62. The molecular weight excluding hydrogens is 338 g/mol. The number of nitrogens with zero attached hydrogens (tertiary/aromatic N) is 1. The van der Waals surface area contributed by atoms with Crippen molar-refractivity contribution in [3.63, 3.8) is 0 Å².